The number of anilines is 1. The molecule has 1 atom stereocenters. The van der Waals surface area contributed by atoms with Crippen LogP contribution in [-0.2, 0) is 16.0 Å². The van der Waals surface area contributed by atoms with E-state index in [9.17, 15) is 9.59 Å². The van der Waals surface area contributed by atoms with Crippen LogP contribution in [0.3, 0.4) is 0 Å². The molecule has 0 aliphatic heterocycles. The molecule has 0 spiro atoms. The zero-order chi connectivity index (χ0) is 21.6. The van der Waals surface area contributed by atoms with Crippen LogP contribution < -0.4 is 19.7 Å². The van der Waals surface area contributed by atoms with Crippen molar-refractivity contribution in [3.8, 4) is 11.5 Å². The second-order valence-electron chi connectivity index (χ2n) is 6.85. The zero-order valence-electron chi connectivity index (χ0n) is 17.8. The van der Waals surface area contributed by atoms with Gasteiger partial charge in [0.15, 0.2) is 18.0 Å². The molecule has 0 saturated carbocycles. The van der Waals surface area contributed by atoms with Gasteiger partial charge < -0.3 is 24.4 Å². The van der Waals surface area contributed by atoms with Gasteiger partial charge in [-0.3, -0.25) is 4.79 Å². The van der Waals surface area contributed by atoms with Crippen molar-refractivity contribution in [2.75, 3.05) is 46.8 Å². The number of carbonyl (C=O) groups is 2. The first-order valence-corrected chi connectivity index (χ1v) is 10.1. The van der Waals surface area contributed by atoms with Gasteiger partial charge in [0.2, 0.25) is 0 Å². The summed E-state index contributed by atoms with van der Waals surface area (Å²) >= 11 is 1.39. The maximum absolute atomic E-state index is 12.5. The Hall–Kier alpha value is -2.58. The van der Waals surface area contributed by atoms with Gasteiger partial charge >= 0.3 is 5.97 Å². The van der Waals surface area contributed by atoms with Crippen molar-refractivity contribution in [1.29, 1.82) is 0 Å². The number of carbonyl (C=O) groups excluding carboxylic acids is 2. The van der Waals surface area contributed by atoms with Crippen LogP contribution in [0.4, 0.5) is 5.00 Å². The maximum atomic E-state index is 12.5. The number of methoxy groups -OCH3 is 3. The van der Waals surface area contributed by atoms with Gasteiger partial charge in [0.05, 0.1) is 40.5 Å². The standard InChI is InChI=1S/C21H28N2O5S/c1-13-14(2)29-20(19(13)21(25)28-6)22-18(24)12-23(3)10-9-15-7-8-16(26-4)17(11-15)27-5/h7-8,11H,9-10,12H2,1-6H3,(H,22,24)/p+1. The molecule has 1 aromatic heterocycles. The highest BCUT2D eigenvalue weighted by Crippen LogP contribution is 2.32. The highest BCUT2D eigenvalue weighted by Gasteiger charge is 2.22. The lowest BCUT2D eigenvalue weighted by Crippen LogP contribution is -3.10. The van der Waals surface area contributed by atoms with Gasteiger partial charge in [0.1, 0.15) is 5.00 Å². The molecule has 29 heavy (non-hydrogen) atoms. The Labute approximate surface area is 175 Å². The van der Waals surface area contributed by atoms with E-state index in [2.05, 4.69) is 5.32 Å². The largest absolute Gasteiger partial charge is 0.493 e. The van der Waals surface area contributed by atoms with E-state index in [1.54, 1.807) is 14.2 Å². The van der Waals surface area contributed by atoms with Gasteiger partial charge in [0, 0.05) is 11.3 Å². The third-order valence-electron chi connectivity index (χ3n) is 4.78. The summed E-state index contributed by atoms with van der Waals surface area (Å²) in [6, 6.07) is 5.83. The molecule has 0 radical (unpaired) electrons. The minimum Gasteiger partial charge on any atom is -0.493 e. The van der Waals surface area contributed by atoms with E-state index < -0.39 is 5.97 Å². The summed E-state index contributed by atoms with van der Waals surface area (Å²) in [6.07, 6.45) is 0.796. The normalized spacial score (nSPS) is 11.7. The number of amides is 1. The average Bonchev–Trinajstić information content (AvgIpc) is 2.98. The number of hydrogen-bond acceptors (Lipinski definition) is 6. The number of ether oxygens (including phenoxy) is 3. The lowest BCUT2D eigenvalue weighted by atomic mass is 10.1. The first kappa shape index (κ1) is 22.7. The van der Waals surface area contributed by atoms with Gasteiger partial charge in [-0.2, -0.15) is 0 Å². The Morgan fingerprint density at radius 1 is 1.10 bits per heavy atom. The fourth-order valence-corrected chi connectivity index (χ4v) is 4.05. The summed E-state index contributed by atoms with van der Waals surface area (Å²) in [7, 11) is 6.52. The summed E-state index contributed by atoms with van der Waals surface area (Å²) in [5, 5.41) is 3.42. The van der Waals surface area contributed by atoms with Crippen LogP contribution in [0, 0.1) is 13.8 Å². The van der Waals surface area contributed by atoms with Crippen molar-refractivity contribution >= 4 is 28.2 Å². The zero-order valence-corrected chi connectivity index (χ0v) is 18.6. The van der Waals surface area contributed by atoms with Crippen LogP contribution in [-0.4, -0.2) is 53.3 Å². The van der Waals surface area contributed by atoms with E-state index >= 15 is 0 Å². The van der Waals surface area contributed by atoms with Crippen molar-refractivity contribution in [3.63, 3.8) is 0 Å². The molecule has 7 nitrogen and oxygen atoms in total. The molecule has 0 aliphatic carbocycles. The van der Waals surface area contributed by atoms with Crippen LogP contribution in [0.25, 0.3) is 0 Å². The second-order valence-corrected chi connectivity index (χ2v) is 8.08. The topological polar surface area (TPSA) is 78.3 Å². The average molecular weight is 422 g/mol. The van der Waals surface area contributed by atoms with Crippen LogP contribution in [0.2, 0.25) is 0 Å². The van der Waals surface area contributed by atoms with E-state index in [4.69, 9.17) is 14.2 Å². The second kappa shape index (κ2) is 10.3. The fourth-order valence-electron chi connectivity index (χ4n) is 2.99. The predicted octanol–water partition coefficient (Wildman–Crippen LogP) is 1.86. The Kier molecular flexibility index (Phi) is 8.04. The number of esters is 1. The van der Waals surface area contributed by atoms with E-state index in [0.717, 1.165) is 33.9 Å². The number of benzene rings is 1. The summed E-state index contributed by atoms with van der Waals surface area (Å²) in [6.45, 7) is 4.84. The quantitative estimate of drug-likeness (QED) is 0.605. The highest BCUT2D eigenvalue weighted by molar-refractivity contribution is 7.16. The summed E-state index contributed by atoms with van der Waals surface area (Å²) in [5.74, 6) is 0.816. The van der Waals surface area contributed by atoms with Crippen molar-refractivity contribution < 1.29 is 28.7 Å². The third-order valence-corrected chi connectivity index (χ3v) is 5.90. The first-order valence-electron chi connectivity index (χ1n) is 9.31. The van der Waals surface area contributed by atoms with Crippen molar-refractivity contribution in [2.24, 2.45) is 0 Å². The number of nitrogens with one attached hydrogen (secondary N) is 2. The maximum Gasteiger partial charge on any atom is 0.341 e. The van der Waals surface area contributed by atoms with E-state index in [0.29, 0.717) is 28.6 Å². The molecule has 2 aromatic rings. The van der Waals surface area contributed by atoms with Crippen LogP contribution >= 0.6 is 11.3 Å². The number of thiophene rings is 1. The fraction of sp³-hybridized carbons (Fsp3) is 0.429. The molecular formula is C21H29N2O5S+. The van der Waals surface area contributed by atoms with Crippen molar-refractivity contribution in [3.05, 3.63) is 39.8 Å². The Bertz CT molecular complexity index is 878. The molecule has 2 rings (SSSR count). The number of hydrogen-bond donors (Lipinski definition) is 2. The highest BCUT2D eigenvalue weighted by atomic mass is 32.1. The van der Waals surface area contributed by atoms with Gasteiger partial charge in [-0.15, -0.1) is 11.3 Å². The predicted molar refractivity (Wildman–Crippen MR) is 114 cm³/mol. The van der Waals surface area contributed by atoms with Gasteiger partial charge in [-0.1, -0.05) is 6.07 Å². The molecule has 1 amide bonds. The number of rotatable bonds is 9. The minimum absolute atomic E-state index is 0.138. The Balaban J connectivity index is 1.95. The van der Waals surface area contributed by atoms with Crippen LogP contribution in [0.5, 0.6) is 11.5 Å². The van der Waals surface area contributed by atoms with E-state index in [-0.39, 0.29) is 5.91 Å². The molecule has 1 unspecified atom stereocenters. The number of quaternary nitrogens is 1. The van der Waals surface area contributed by atoms with Gasteiger partial charge in [-0.25, -0.2) is 4.79 Å². The van der Waals surface area contributed by atoms with E-state index in [1.165, 1.54) is 18.4 Å². The monoisotopic (exact) mass is 421 g/mol. The van der Waals surface area contributed by atoms with Gasteiger partial charge in [0.25, 0.3) is 5.91 Å². The SMILES string of the molecule is COC(=O)c1c(NC(=O)C[NH+](C)CCc2ccc(OC)c(OC)c2)sc(C)c1C. The summed E-state index contributed by atoms with van der Waals surface area (Å²) in [5.41, 5.74) is 2.39. The van der Waals surface area contributed by atoms with Crippen LogP contribution in [0.15, 0.2) is 18.2 Å². The Morgan fingerprint density at radius 3 is 2.41 bits per heavy atom. The molecule has 0 bridgehead atoms. The first-order chi connectivity index (χ1) is 13.8. The number of likely N-dealkylation sites (N-methyl/N-ethyl adjacent to an activating group) is 1. The molecule has 2 N–H and O–H groups in total. The Morgan fingerprint density at radius 2 is 1.79 bits per heavy atom. The smallest absolute Gasteiger partial charge is 0.341 e. The minimum atomic E-state index is -0.434. The summed E-state index contributed by atoms with van der Waals surface area (Å²) < 4.78 is 15.4. The molecule has 0 saturated heterocycles. The molecule has 1 aromatic carbocycles. The lowest BCUT2D eigenvalue weighted by Gasteiger charge is -2.15. The third kappa shape index (κ3) is 5.71. The molecular weight excluding hydrogens is 392 g/mol. The van der Waals surface area contributed by atoms with Crippen molar-refractivity contribution in [2.45, 2.75) is 20.3 Å². The summed E-state index contributed by atoms with van der Waals surface area (Å²) in [4.78, 5) is 26.6. The lowest BCUT2D eigenvalue weighted by molar-refractivity contribution is -0.870. The molecule has 0 fully saturated rings. The van der Waals surface area contributed by atoms with Crippen LogP contribution in [0.1, 0.15) is 26.4 Å². The van der Waals surface area contributed by atoms with Crippen molar-refractivity contribution in [1.82, 2.24) is 0 Å². The molecule has 1 heterocycles. The molecule has 158 valence electrons. The number of aryl methyl sites for hydroxylation is 1. The van der Waals surface area contributed by atoms with Gasteiger partial charge in [-0.05, 0) is 37.1 Å². The molecule has 0 aliphatic rings. The molecule has 8 heteroatoms. The van der Waals surface area contributed by atoms with E-state index in [1.807, 2.05) is 39.1 Å².